The molecule has 0 bridgehead atoms. The Balaban J connectivity index is 1.70. The summed E-state index contributed by atoms with van der Waals surface area (Å²) in [6, 6.07) is 3.43. The van der Waals surface area contributed by atoms with Crippen molar-refractivity contribution in [3.63, 3.8) is 0 Å². The topological polar surface area (TPSA) is 49.3 Å². The van der Waals surface area contributed by atoms with Crippen LogP contribution in [0.3, 0.4) is 0 Å². The number of aryl methyl sites for hydroxylation is 1. The number of nitrogens with zero attached hydrogens (tertiary/aromatic N) is 4. The van der Waals surface area contributed by atoms with Gasteiger partial charge < -0.3 is 9.80 Å². The summed E-state index contributed by atoms with van der Waals surface area (Å²) in [4.78, 5) is 20.1. The highest BCUT2D eigenvalue weighted by atomic mass is 32.1. The zero-order chi connectivity index (χ0) is 15.7. The molecule has 3 rings (SSSR count). The number of anilines is 1. The van der Waals surface area contributed by atoms with E-state index in [4.69, 9.17) is 0 Å². The van der Waals surface area contributed by atoms with E-state index in [9.17, 15) is 13.6 Å². The van der Waals surface area contributed by atoms with Crippen LogP contribution in [0.5, 0.6) is 0 Å². The Morgan fingerprint density at radius 2 is 1.82 bits per heavy atom. The second-order valence-electron chi connectivity index (χ2n) is 5.00. The van der Waals surface area contributed by atoms with E-state index in [-0.39, 0.29) is 0 Å². The van der Waals surface area contributed by atoms with Crippen molar-refractivity contribution in [2.75, 3.05) is 31.1 Å². The van der Waals surface area contributed by atoms with E-state index in [2.05, 4.69) is 9.36 Å². The first kappa shape index (κ1) is 14.8. The third-order valence-corrected chi connectivity index (χ3v) is 4.40. The molecule has 2 aromatic rings. The fourth-order valence-corrected chi connectivity index (χ4v) is 3.10. The molecule has 1 aliphatic heterocycles. The van der Waals surface area contributed by atoms with E-state index in [1.807, 2.05) is 11.8 Å². The molecule has 22 heavy (non-hydrogen) atoms. The number of benzene rings is 1. The quantitative estimate of drug-likeness (QED) is 0.849. The number of piperazine rings is 1. The molecule has 0 atom stereocenters. The van der Waals surface area contributed by atoms with Gasteiger partial charge in [-0.15, -0.1) is 0 Å². The highest BCUT2D eigenvalue weighted by molar-refractivity contribution is 7.09. The van der Waals surface area contributed by atoms with Crippen LogP contribution in [0.15, 0.2) is 18.2 Å². The molecule has 1 aromatic heterocycles. The normalized spacial score (nSPS) is 15.2. The lowest BCUT2D eigenvalue weighted by molar-refractivity contribution is 0.0737. The van der Waals surface area contributed by atoms with Crippen molar-refractivity contribution in [3.05, 3.63) is 41.2 Å². The van der Waals surface area contributed by atoms with E-state index < -0.39 is 23.1 Å². The fourth-order valence-electron chi connectivity index (χ4n) is 2.38. The minimum atomic E-state index is -0.827. The molecule has 0 saturated carbocycles. The van der Waals surface area contributed by atoms with Gasteiger partial charge in [0.1, 0.15) is 23.0 Å². The number of halogens is 2. The molecule has 0 N–H and O–H groups in total. The summed E-state index contributed by atoms with van der Waals surface area (Å²) in [5.74, 6) is -1.55. The van der Waals surface area contributed by atoms with Crippen LogP contribution < -0.4 is 4.90 Å². The first-order valence-corrected chi connectivity index (χ1v) is 7.62. The molecule has 2 heterocycles. The summed E-state index contributed by atoms with van der Waals surface area (Å²) >= 11 is 1.31. The summed E-state index contributed by atoms with van der Waals surface area (Å²) in [5, 5.41) is 0.807. The largest absolute Gasteiger partial charge is 0.343 e. The highest BCUT2D eigenvalue weighted by Crippen LogP contribution is 2.20. The van der Waals surface area contributed by atoms with Crippen LogP contribution in [0.1, 0.15) is 16.2 Å². The Bertz CT molecular complexity index is 678. The second-order valence-corrected chi connectivity index (χ2v) is 5.73. The smallest absolute Gasteiger partial charge is 0.259 e. The number of carbonyl (C=O) groups is 1. The standard InChI is InChI=1S/C14H14F2N4OS/c1-9-17-14(22-18-9)20-7-5-19(6-8-20)13(21)12-10(15)3-2-4-11(12)16/h2-4H,5-8H2,1H3. The number of hydrogen-bond acceptors (Lipinski definition) is 5. The summed E-state index contributed by atoms with van der Waals surface area (Å²) in [5.41, 5.74) is -0.484. The van der Waals surface area contributed by atoms with Gasteiger partial charge in [0.2, 0.25) is 5.13 Å². The van der Waals surface area contributed by atoms with Gasteiger partial charge in [0.15, 0.2) is 0 Å². The second kappa shape index (κ2) is 5.96. The van der Waals surface area contributed by atoms with Gasteiger partial charge in [-0.1, -0.05) is 6.07 Å². The van der Waals surface area contributed by atoms with Crippen molar-refractivity contribution in [1.82, 2.24) is 14.3 Å². The van der Waals surface area contributed by atoms with E-state index in [0.717, 1.165) is 17.3 Å². The summed E-state index contributed by atoms with van der Waals surface area (Å²) in [7, 11) is 0. The van der Waals surface area contributed by atoms with Gasteiger partial charge in [0.05, 0.1) is 0 Å². The van der Waals surface area contributed by atoms with E-state index >= 15 is 0 Å². The maximum Gasteiger partial charge on any atom is 0.259 e. The third-order valence-electron chi connectivity index (χ3n) is 3.53. The van der Waals surface area contributed by atoms with Crippen molar-refractivity contribution >= 4 is 22.6 Å². The molecule has 0 radical (unpaired) electrons. The predicted molar refractivity (Wildman–Crippen MR) is 79.1 cm³/mol. The number of hydrogen-bond donors (Lipinski definition) is 0. The van der Waals surface area contributed by atoms with Crippen LogP contribution in [-0.2, 0) is 0 Å². The molecule has 8 heteroatoms. The van der Waals surface area contributed by atoms with Gasteiger partial charge in [0.25, 0.3) is 5.91 Å². The Labute approximate surface area is 130 Å². The summed E-state index contributed by atoms with van der Waals surface area (Å²) in [6.45, 7) is 3.74. The van der Waals surface area contributed by atoms with Crippen molar-refractivity contribution in [3.8, 4) is 0 Å². The molecular weight excluding hydrogens is 310 g/mol. The van der Waals surface area contributed by atoms with Crippen LogP contribution in [0.2, 0.25) is 0 Å². The minimum Gasteiger partial charge on any atom is -0.343 e. The van der Waals surface area contributed by atoms with Gasteiger partial charge in [-0.2, -0.15) is 4.37 Å². The number of carbonyl (C=O) groups excluding carboxylic acids is 1. The molecule has 0 unspecified atom stereocenters. The fraction of sp³-hybridized carbons (Fsp3) is 0.357. The van der Waals surface area contributed by atoms with Crippen LogP contribution >= 0.6 is 11.5 Å². The molecule has 5 nitrogen and oxygen atoms in total. The van der Waals surface area contributed by atoms with Crippen molar-refractivity contribution in [2.24, 2.45) is 0 Å². The van der Waals surface area contributed by atoms with Crippen LogP contribution in [0.4, 0.5) is 13.9 Å². The van der Waals surface area contributed by atoms with Crippen molar-refractivity contribution < 1.29 is 13.6 Å². The minimum absolute atomic E-state index is 0.394. The molecular formula is C14H14F2N4OS. The first-order chi connectivity index (χ1) is 10.6. The average Bonchev–Trinajstić information content (AvgIpc) is 2.94. The average molecular weight is 324 g/mol. The Hall–Kier alpha value is -2.09. The van der Waals surface area contributed by atoms with E-state index in [1.165, 1.54) is 22.5 Å². The maximum absolute atomic E-state index is 13.7. The van der Waals surface area contributed by atoms with Crippen molar-refractivity contribution in [2.45, 2.75) is 6.92 Å². The molecule has 116 valence electrons. The Morgan fingerprint density at radius 3 is 2.36 bits per heavy atom. The Kier molecular flexibility index (Phi) is 4.02. The highest BCUT2D eigenvalue weighted by Gasteiger charge is 2.27. The molecule has 1 fully saturated rings. The molecule has 0 spiro atoms. The monoisotopic (exact) mass is 324 g/mol. The van der Waals surface area contributed by atoms with E-state index in [0.29, 0.717) is 32.0 Å². The van der Waals surface area contributed by atoms with Crippen LogP contribution in [-0.4, -0.2) is 46.3 Å². The third kappa shape index (κ3) is 2.78. The number of rotatable bonds is 2. The zero-order valence-corrected chi connectivity index (χ0v) is 12.7. The first-order valence-electron chi connectivity index (χ1n) is 6.85. The van der Waals surface area contributed by atoms with Gasteiger partial charge in [-0.3, -0.25) is 4.79 Å². The Morgan fingerprint density at radius 1 is 1.18 bits per heavy atom. The lowest BCUT2D eigenvalue weighted by Crippen LogP contribution is -2.49. The van der Waals surface area contributed by atoms with Crippen molar-refractivity contribution in [1.29, 1.82) is 0 Å². The predicted octanol–water partition coefficient (Wildman–Crippen LogP) is 2.09. The van der Waals surface area contributed by atoms with E-state index in [1.54, 1.807) is 0 Å². The number of aromatic nitrogens is 2. The summed E-state index contributed by atoms with van der Waals surface area (Å²) < 4.78 is 31.5. The zero-order valence-electron chi connectivity index (χ0n) is 11.9. The molecule has 1 amide bonds. The van der Waals surface area contributed by atoms with Gasteiger partial charge >= 0.3 is 0 Å². The SMILES string of the molecule is Cc1nsc(N2CCN(C(=O)c3c(F)cccc3F)CC2)n1. The molecule has 1 saturated heterocycles. The molecule has 1 aliphatic rings. The van der Waals surface area contributed by atoms with Crippen LogP contribution in [0, 0.1) is 18.6 Å². The number of amides is 1. The molecule has 1 aromatic carbocycles. The van der Waals surface area contributed by atoms with Gasteiger partial charge in [-0.05, 0) is 19.1 Å². The van der Waals surface area contributed by atoms with Gasteiger partial charge in [0, 0.05) is 37.7 Å². The van der Waals surface area contributed by atoms with Crippen LogP contribution in [0.25, 0.3) is 0 Å². The summed E-state index contributed by atoms with van der Waals surface area (Å²) in [6.07, 6.45) is 0. The maximum atomic E-state index is 13.7. The molecule has 0 aliphatic carbocycles. The lowest BCUT2D eigenvalue weighted by atomic mass is 10.1. The lowest BCUT2D eigenvalue weighted by Gasteiger charge is -2.34. The van der Waals surface area contributed by atoms with Gasteiger partial charge in [-0.25, -0.2) is 13.8 Å².